The lowest BCUT2D eigenvalue weighted by molar-refractivity contribution is -0.142. The van der Waals surface area contributed by atoms with Crippen LogP contribution in [0.1, 0.15) is 12.8 Å². The lowest BCUT2D eigenvalue weighted by Crippen LogP contribution is -2.31. The molecule has 0 radical (unpaired) electrons. The van der Waals surface area contributed by atoms with E-state index in [9.17, 15) is 13.6 Å². The standard InChI is InChI=1S/C6H11F2NO2/c1-11-6(10)4(9)2-3-5(7)8/h4-5H,2-3,9H2,1H3/t4-/m0/s1. The van der Waals surface area contributed by atoms with Crippen molar-refractivity contribution in [3.63, 3.8) is 0 Å². The zero-order valence-electron chi connectivity index (χ0n) is 6.22. The predicted octanol–water partition coefficient (Wildman–Crippen LogP) is 0.532. The van der Waals surface area contributed by atoms with E-state index >= 15 is 0 Å². The zero-order chi connectivity index (χ0) is 8.85. The van der Waals surface area contributed by atoms with Gasteiger partial charge < -0.3 is 10.5 Å². The van der Waals surface area contributed by atoms with Gasteiger partial charge in [-0.15, -0.1) is 0 Å². The van der Waals surface area contributed by atoms with Gasteiger partial charge in [0.2, 0.25) is 6.43 Å². The van der Waals surface area contributed by atoms with Crippen molar-refractivity contribution in [1.82, 2.24) is 0 Å². The fourth-order valence-electron chi connectivity index (χ4n) is 0.575. The molecule has 0 aromatic rings. The van der Waals surface area contributed by atoms with Crippen LogP contribution in [0.25, 0.3) is 0 Å². The molecule has 66 valence electrons. The summed E-state index contributed by atoms with van der Waals surface area (Å²) in [4.78, 5) is 10.5. The number of hydrogen-bond donors (Lipinski definition) is 1. The summed E-state index contributed by atoms with van der Waals surface area (Å²) >= 11 is 0. The zero-order valence-corrected chi connectivity index (χ0v) is 6.22. The van der Waals surface area contributed by atoms with Crippen molar-refractivity contribution in [3.8, 4) is 0 Å². The maximum absolute atomic E-state index is 11.6. The Balaban J connectivity index is 3.52. The quantitative estimate of drug-likeness (QED) is 0.621. The minimum atomic E-state index is -2.41. The van der Waals surface area contributed by atoms with Crippen LogP contribution in [0, 0.1) is 0 Å². The Kier molecular flexibility index (Phi) is 4.69. The van der Waals surface area contributed by atoms with E-state index in [1.807, 2.05) is 0 Å². The fourth-order valence-corrected chi connectivity index (χ4v) is 0.575. The SMILES string of the molecule is COC(=O)[C@@H](N)CCC(F)F. The van der Waals surface area contributed by atoms with Crippen LogP contribution in [0.2, 0.25) is 0 Å². The van der Waals surface area contributed by atoms with Gasteiger partial charge in [0.15, 0.2) is 0 Å². The summed E-state index contributed by atoms with van der Waals surface area (Å²) < 4.78 is 27.3. The summed E-state index contributed by atoms with van der Waals surface area (Å²) in [6, 6.07) is -0.922. The van der Waals surface area contributed by atoms with Crippen LogP contribution in [-0.2, 0) is 9.53 Å². The first-order valence-corrected chi connectivity index (χ1v) is 3.19. The lowest BCUT2D eigenvalue weighted by Gasteiger charge is -2.07. The topological polar surface area (TPSA) is 52.3 Å². The van der Waals surface area contributed by atoms with E-state index in [1.54, 1.807) is 0 Å². The number of rotatable bonds is 4. The first-order chi connectivity index (χ1) is 5.07. The number of carbonyl (C=O) groups is 1. The number of ether oxygens (including phenoxy) is 1. The van der Waals surface area contributed by atoms with Crippen molar-refractivity contribution in [3.05, 3.63) is 0 Å². The molecule has 0 aliphatic carbocycles. The van der Waals surface area contributed by atoms with E-state index < -0.39 is 18.4 Å². The van der Waals surface area contributed by atoms with E-state index in [-0.39, 0.29) is 12.8 Å². The van der Waals surface area contributed by atoms with E-state index in [1.165, 1.54) is 7.11 Å². The van der Waals surface area contributed by atoms with Crippen LogP contribution in [-0.4, -0.2) is 25.5 Å². The average molecular weight is 167 g/mol. The predicted molar refractivity (Wildman–Crippen MR) is 35.2 cm³/mol. The van der Waals surface area contributed by atoms with E-state index in [0.717, 1.165) is 0 Å². The van der Waals surface area contributed by atoms with Gasteiger partial charge in [0.1, 0.15) is 6.04 Å². The molecule has 0 saturated heterocycles. The highest BCUT2D eigenvalue weighted by atomic mass is 19.3. The van der Waals surface area contributed by atoms with Crippen LogP contribution in [0.5, 0.6) is 0 Å². The number of carbonyl (C=O) groups excluding carboxylic acids is 1. The number of halogens is 2. The first-order valence-electron chi connectivity index (χ1n) is 3.19. The van der Waals surface area contributed by atoms with Crippen molar-refractivity contribution in [2.75, 3.05) is 7.11 Å². The highest BCUT2D eigenvalue weighted by Gasteiger charge is 2.15. The molecule has 0 aliphatic heterocycles. The molecule has 0 unspecified atom stereocenters. The smallest absolute Gasteiger partial charge is 0.322 e. The average Bonchev–Trinajstić information content (AvgIpc) is 1.98. The molecule has 0 spiro atoms. The molecule has 0 heterocycles. The molecular weight excluding hydrogens is 156 g/mol. The van der Waals surface area contributed by atoms with Crippen LogP contribution in [0.15, 0.2) is 0 Å². The molecule has 3 nitrogen and oxygen atoms in total. The van der Waals surface area contributed by atoms with Gasteiger partial charge in [-0.1, -0.05) is 0 Å². The minimum Gasteiger partial charge on any atom is -0.468 e. The van der Waals surface area contributed by atoms with Gasteiger partial charge in [-0.3, -0.25) is 4.79 Å². The molecule has 0 bridgehead atoms. The van der Waals surface area contributed by atoms with Gasteiger partial charge in [-0.05, 0) is 6.42 Å². The Labute approximate surface area is 63.5 Å². The van der Waals surface area contributed by atoms with Crippen molar-refractivity contribution >= 4 is 5.97 Å². The van der Waals surface area contributed by atoms with Gasteiger partial charge in [0, 0.05) is 6.42 Å². The highest BCUT2D eigenvalue weighted by Crippen LogP contribution is 2.05. The number of hydrogen-bond acceptors (Lipinski definition) is 3. The molecule has 0 aliphatic rings. The molecule has 2 N–H and O–H groups in total. The summed E-state index contributed by atoms with van der Waals surface area (Å²) in [5.41, 5.74) is 5.17. The minimum absolute atomic E-state index is 0.0374. The van der Waals surface area contributed by atoms with Crippen molar-refractivity contribution < 1.29 is 18.3 Å². The van der Waals surface area contributed by atoms with Crippen molar-refractivity contribution in [1.29, 1.82) is 0 Å². The molecular formula is C6H11F2NO2. The highest BCUT2D eigenvalue weighted by molar-refractivity contribution is 5.75. The van der Waals surface area contributed by atoms with Crippen LogP contribution in [0.3, 0.4) is 0 Å². The second-order valence-electron chi connectivity index (χ2n) is 2.10. The molecule has 11 heavy (non-hydrogen) atoms. The summed E-state index contributed by atoms with van der Waals surface area (Å²) in [6.45, 7) is 0. The van der Waals surface area contributed by atoms with Crippen LogP contribution < -0.4 is 5.73 Å². The molecule has 0 aromatic carbocycles. The molecule has 0 aromatic heterocycles. The summed E-state index contributed by atoms with van der Waals surface area (Å²) in [5.74, 6) is -0.648. The third kappa shape index (κ3) is 4.66. The Morgan fingerprint density at radius 1 is 1.55 bits per heavy atom. The Hall–Kier alpha value is -0.710. The second kappa shape index (κ2) is 5.01. The number of esters is 1. The molecule has 0 saturated carbocycles. The van der Waals surface area contributed by atoms with E-state index in [4.69, 9.17) is 5.73 Å². The third-order valence-electron chi connectivity index (χ3n) is 1.20. The molecule has 0 rings (SSSR count). The number of nitrogens with two attached hydrogens (primary N) is 1. The van der Waals surface area contributed by atoms with Crippen LogP contribution >= 0.6 is 0 Å². The summed E-state index contributed by atoms with van der Waals surface area (Å²) in [7, 11) is 1.17. The maximum Gasteiger partial charge on any atom is 0.322 e. The van der Waals surface area contributed by atoms with Gasteiger partial charge in [0.05, 0.1) is 7.11 Å². The van der Waals surface area contributed by atoms with E-state index in [2.05, 4.69) is 4.74 Å². The molecule has 1 atom stereocenters. The third-order valence-corrected chi connectivity index (χ3v) is 1.20. The lowest BCUT2D eigenvalue weighted by atomic mass is 10.2. The largest absolute Gasteiger partial charge is 0.468 e. The Morgan fingerprint density at radius 3 is 2.45 bits per heavy atom. The van der Waals surface area contributed by atoms with Gasteiger partial charge in [-0.25, -0.2) is 8.78 Å². The number of methoxy groups -OCH3 is 1. The van der Waals surface area contributed by atoms with Gasteiger partial charge in [-0.2, -0.15) is 0 Å². The summed E-state index contributed by atoms with van der Waals surface area (Å²) in [6.07, 6.45) is -2.81. The normalized spacial score (nSPS) is 13.2. The molecule has 0 amide bonds. The molecule has 5 heteroatoms. The summed E-state index contributed by atoms with van der Waals surface area (Å²) in [5, 5.41) is 0. The fraction of sp³-hybridized carbons (Fsp3) is 0.833. The van der Waals surface area contributed by atoms with Gasteiger partial charge in [0.25, 0.3) is 0 Å². The second-order valence-corrected chi connectivity index (χ2v) is 2.10. The Bertz CT molecular complexity index is 130. The van der Waals surface area contributed by atoms with Crippen molar-refractivity contribution in [2.24, 2.45) is 5.73 Å². The van der Waals surface area contributed by atoms with E-state index in [0.29, 0.717) is 0 Å². The molecule has 0 fully saturated rings. The monoisotopic (exact) mass is 167 g/mol. The maximum atomic E-state index is 11.6. The Morgan fingerprint density at radius 2 is 2.09 bits per heavy atom. The van der Waals surface area contributed by atoms with Gasteiger partial charge >= 0.3 is 5.97 Å². The number of alkyl halides is 2. The first kappa shape index (κ1) is 10.3. The van der Waals surface area contributed by atoms with Crippen molar-refractivity contribution in [2.45, 2.75) is 25.3 Å². The van der Waals surface area contributed by atoms with Crippen LogP contribution in [0.4, 0.5) is 8.78 Å².